The summed E-state index contributed by atoms with van der Waals surface area (Å²) in [6.07, 6.45) is 1.49. The van der Waals surface area contributed by atoms with Crippen LogP contribution in [0.2, 0.25) is 0 Å². The molecule has 4 N–H and O–H groups in total. The van der Waals surface area contributed by atoms with Gasteiger partial charge < -0.3 is 25.7 Å². The number of carbonyl (C=O) groups is 3. The van der Waals surface area contributed by atoms with Gasteiger partial charge in [0.05, 0.1) is 19.1 Å². The van der Waals surface area contributed by atoms with Crippen molar-refractivity contribution in [3.05, 3.63) is 30.0 Å². The first-order valence-corrected chi connectivity index (χ1v) is 11.7. The number of aromatic amines is 1. The summed E-state index contributed by atoms with van der Waals surface area (Å²) in [5.41, 5.74) is 1.08. The number of hydrogen-bond donors (Lipinski definition) is 4. The molecule has 0 radical (unpaired) electrons. The number of rotatable bonds is 10. The van der Waals surface area contributed by atoms with Crippen LogP contribution in [-0.4, -0.2) is 48.4 Å². The van der Waals surface area contributed by atoms with Crippen LogP contribution in [0.4, 0.5) is 0 Å². The van der Waals surface area contributed by atoms with Gasteiger partial charge in [0.1, 0.15) is 17.5 Å². The zero-order chi connectivity index (χ0) is 24.8. The molecule has 2 heterocycles. The molecule has 2 unspecified atom stereocenters. The predicted molar refractivity (Wildman–Crippen MR) is 128 cm³/mol. The second-order valence-corrected chi connectivity index (χ2v) is 9.31. The topological polar surface area (TPSA) is 136 Å². The summed E-state index contributed by atoms with van der Waals surface area (Å²) < 4.78 is 5.36. The smallest absolute Gasteiger partial charge is 0.268 e. The lowest BCUT2D eigenvalue weighted by atomic mass is 9.90. The molecule has 1 fully saturated rings. The third-order valence-corrected chi connectivity index (χ3v) is 6.25. The Morgan fingerprint density at radius 2 is 2.03 bits per heavy atom. The van der Waals surface area contributed by atoms with Crippen molar-refractivity contribution in [1.82, 2.24) is 20.9 Å². The molecule has 0 saturated carbocycles. The fourth-order valence-electron chi connectivity index (χ4n) is 4.30. The van der Waals surface area contributed by atoms with E-state index in [9.17, 15) is 19.6 Å². The van der Waals surface area contributed by atoms with Gasteiger partial charge in [-0.15, -0.1) is 0 Å². The number of methoxy groups -OCH3 is 1. The molecule has 34 heavy (non-hydrogen) atoms. The summed E-state index contributed by atoms with van der Waals surface area (Å²) in [6, 6.07) is 8.10. The van der Waals surface area contributed by atoms with Crippen molar-refractivity contribution in [2.75, 3.05) is 13.7 Å². The predicted octanol–water partition coefficient (Wildman–Crippen LogP) is 2.49. The van der Waals surface area contributed by atoms with Gasteiger partial charge >= 0.3 is 0 Å². The first-order chi connectivity index (χ1) is 16.2. The van der Waals surface area contributed by atoms with Crippen LogP contribution in [-0.2, 0) is 9.59 Å². The SMILES string of the molecule is COc1cccc2[nH]c(C(=O)N[C@@H](CC(C)C)C(=O)N[C@@H](CC3CCNC3=O)C(C)C#N)cc12. The van der Waals surface area contributed by atoms with E-state index in [0.29, 0.717) is 37.3 Å². The van der Waals surface area contributed by atoms with Crippen LogP contribution >= 0.6 is 0 Å². The molecule has 1 aromatic heterocycles. The van der Waals surface area contributed by atoms with Gasteiger partial charge in [-0.3, -0.25) is 14.4 Å². The Morgan fingerprint density at radius 3 is 2.65 bits per heavy atom. The summed E-state index contributed by atoms with van der Waals surface area (Å²) in [5, 5.41) is 18.8. The number of benzene rings is 1. The van der Waals surface area contributed by atoms with E-state index in [0.717, 1.165) is 10.9 Å². The molecule has 4 atom stereocenters. The lowest BCUT2D eigenvalue weighted by Crippen LogP contribution is -2.52. The van der Waals surface area contributed by atoms with Gasteiger partial charge in [0.25, 0.3) is 5.91 Å². The standard InChI is InChI=1S/C25H33N5O4/c1-14(2)10-20(24(32)29-19(15(3)13-26)11-16-8-9-27-23(16)31)30-25(33)21-12-17-18(28-21)6-5-7-22(17)34-4/h5-7,12,14-16,19-20,28H,8-11H2,1-4H3,(H,27,31)(H,29,32)(H,30,33)/t15?,16?,19-,20-/m0/s1. The maximum Gasteiger partial charge on any atom is 0.268 e. The highest BCUT2D eigenvalue weighted by molar-refractivity contribution is 6.01. The van der Waals surface area contributed by atoms with E-state index >= 15 is 0 Å². The van der Waals surface area contributed by atoms with Crippen LogP contribution < -0.4 is 20.7 Å². The number of hydrogen-bond acceptors (Lipinski definition) is 5. The Morgan fingerprint density at radius 1 is 1.26 bits per heavy atom. The summed E-state index contributed by atoms with van der Waals surface area (Å²) in [5.74, 6) is -0.736. The lowest BCUT2D eigenvalue weighted by Gasteiger charge is -2.27. The number of aromatic nitrogens is 1. The van der Waals surface area contributed by atoms with E-state index in [-0.39, 0.29) is 23.7 Å². The number of nitrogens with one attached hydrogen (secondary N) is 4. The van der Waals surface area contributed by atoms with Gasteiger partial charge in [0.2, 0.25) is 11.8 Å². The number of fused-ring (bicyclic) bond motifs is 1. The monoisotopic (exact) mass is 467 g/mol. The van der Waals surface area contributed by atoms with Crippen molar-refractivity contribution < 1.29 is 19.1 Å². The summed E-state index contributed by atoms with van der Waals surface area (Å²) in [6.45, 7) is 6.27. The van der Waals surface area contributed by atoms with E-state index in [1.54, 1.807) is 20.1 Å². The van der Waals surface area contributed by atoms with Gasteiger partial charge in [-0.1, -0.05) is 19.9 Å². The molecule has 1 saturated heterocycles. The van der Waals surface area contributed by atoms with Crippen LogP contribution in [0, 0.1) is 29.1 Å². The number of carbonyl (C=O) groups excluding carboxylic acids is 3. The minimum absolute atomic E-state index is 0.0503. The molecule has 9 heteroatoms. The lowest BCUT2D eigenvalue weighted by molar-refractivity contribution is -0.126. The molecule has 9 nitrogen and oxygen atoms in total. The van der Waals surface area contributed by atoms with Crippen LogP contribution in [0.25, 0.3) is 10.9 Å². The molecule has 0 spiro atoms. The average molecular weight is 468 g/mol. The van der Waals surface area contributed by atoms with Crippen LogP contribution in [0.5, 0.6) is 5.75 Å². The fraction of sp³-hybridized carbons (Fsp3) is 0.520. The van der Waals surface area contributed by atoms with Crippen LogP contribution in [0.1, 0.15) is 50.5 Å². The highest BCUT2D eigenvalue weighted by Crippen LogP contribution is 2.26. The Balaban J connectivity index is 1.75. The Hall–Kier alpha value is -3.54. The second-order valence-electron chi connectivity index (χ2n) is 9.31. The molecule has 0 aliphatic carbocycles. The third-order valence-electron chi connectivity index (χ3n) is 6.25. The maximum absolute atomic E-state index is 13.2. The van der Waals surface area contributed by atoms with E-state index in [4.69, 9.17) is 4.74 Å². The summed E-state index contributed by atoms with van der Waals surface area (Å²) >= 11 is 0. The van der Waals surface area contributed by atoms with E-state index < -0.39 is 23.9 Å². The summed E-state index contributed by atoms with van der Waals surface area (Å²) in [7, 11) is 1.57. The van der Waals surface area contributed by atoms with Crippen molar-refractivity contribution in [2.45, 2.75) is 52.1 Å². The van der Waals surface area contributed by atoms with Crippen LogP contribution in [0.15, 0.2) is 24.3 Å². The molecule has 2 aromatic rings. The van der Waals surface area contributed by atoms with Crippen molar-refractivity contribution in [3.63, 3.8) is 0 Å². The fourth-order valence-corrected chi connectivity index (χ4v) is 4.30. The zero-order valence-corrected chi connectivity index (χ0v) is 20.1. The van der Waals surface area contributed by atoms with Crippen LogP contribution in [0.3, 0.4) is 0 Å². The third kappa shape index (κ3) is 5.87. The molecule has 0 bridgehead atoms. The molecule has 182 valence electrons. The molecule has 3 rings (SSSR count). The molecule has 1 aliphatic rings. The summed E-state index contributed by atoms with van der Waals surface area (Å²) in [4.78, 5) is 41.4. The van der Waals surface area contributed by atoms with Gasteiger partial charge in [-0.25, -0.2) is 0 Å². The molecular weight excluding hydrogens is 434 g/mol. The van der Waals surface area contributed by atoms with Gasteiger partial charge in [-0.2, -0.15) is 5.26 Å². The quantitative estimate of drug-likeness (QED) is 0.426. The van der Waals surface area contributed by atoms with E-state index in [1.165, 1.54) is 0 Å². The minimum atomic E-state index is -0.786. The number of H-pyrrole nitrogens is 1. The first kappa shape index (κ1) is 25.1. The van der Waals surface area contributed by atoms with E-state index in [1.807, 2.05) is 32.0 Å². The molecule has 1 aromatic carbocycles. The Kier molecular flexibility index (Phi) is 8.16. The molecule has 3 amide bonds. The average Bonchev–Trinajstić information content (AvgIpc) is 3.43. The largest absolute Gasteiger partial charge is 0.496 e. The Labute approximate surface area is 199 Å². The minimum Gasteiger partial charge on any atom is -0.496 e. The number of nitriles is 1. The second kappa shape index (κ2) is 11.1. The number of nitrogens with zero attached hydrogens (tertiary/aromatic N) is 1. The highest BCUT2D eigenvalue weighted by Gasteiger charge is 2.32. The number of ether oxygens (including phenoxy) is 1. The van der Waals surface area contributed by atoms with Crippen molar-refractivity contribution in [3.8, 4) is 11.8 Å². The van der Waals surface area contributed by atoms with Crippen molar-refractivity contribution in [1.29, 1.82) is 5.26 Å². The zero-order valence-electron chi connectivity index (χ0n) is 20.1. The Bertz CT molecular complexity index is 1090. The molecular formula is C25H33N5O4. The van der Waals surface area contributed by atoms with Crippen molar-refractivity contribution >= 4 is 28.6 Å². The van der Waals surface area contributed by atoms with Gasteiger partial charge in [0, 0.05) is 29.4 Å². The highest BCUT2D eigenvalue weighted by atomic mass is 16.5. The maximum atomic E-state index is 13.2. The van der Waals surface area contributed by atoms with Gasteiger partial charge in [0.15, 0.2) is 0 Å². The van der Waals surface area contributed by atoms with Crippen molar-refractivity contribution in [2.24, 2.45) is 17.8 Å². The van der Waals surface area contributed by atoms with Gasteiger partial charge in [-0.05, 0) is 50.3 Å². The normalized spacial score (nSPS) is 18.1. The van der Waals surface area contributed by atoms with E-state index in [2.05, 4.69) is 27.0 Å². The number of amides is 3. The first-order valence-electron chi connectivity index (χ1n) is 11.7. The molecule has 1 aliphatic heterocycles.